The van der Waals surface area contributed by atoms with Crippen molar-refractivity contribution in [2.45, 2.75) is 32.9 Å². The quantitative estimate of drug-likeness (QED) is 0.799. The summed E-state index contributed by atoms with van der Waals surface area (Å²) in [6.45, 7) is 6.42. The van der Waals surface area contributed by atoms with Crippen molar-refractivity contribution in [2.24, 2.45) is 5.73 Å². The van der Waals surface area contributed by atoms with Crippen LogP contribution in [-0.4, -0.2) is 12.6 Å². The van der Waals surface area contributed by atoms with Crippen LogP contribution in [0.5, 0.6) is 0 Å². The van der Waals surface area contributed by atoms with Crippen molar-refractivity contribution in [3.8, 4) is 0 Å². The third kappa shape index (κ3) is 3.29. The van der Waals surface area contributed by atoms with Crippen molar-refractivity contribution in [3.05, 3.63) is 35.1 Å². The first-order valence-corrected chi connectivity index (χ1v) is 5.26. The minimum absolute atomic E-state index is 0.101. The lowest BCUT2D eigenvalue weighted by Crippen LogP contribution is -2.33. The molecule has 0 aromatic heterocycles. The predicted octanol–water partition coefficient (Wildman–Crippen LogP) is 2.13. The van der Waals surface area contributed by atoms with Crippen LogP contribution in [0.1, 0.15) is 31.0 Å². The highest BCUT2D eigenvalue weighted by Crippen LogP contribution is 2.16. The molecule has 84 valence electrons. The van der Waals surface area contributed by atoms with Gasteiger partial charge >= 0.3 is 0 Å². The topological polar surface area (TPSA) is 38.0 Å². The molecular formula is C12H19FN2. The van der Waals surface area contributed by atoms with Gasteiger partial charge in [-0.1, -0.05) is 26.0 Å². The number of nitrogens with two attached hydrogens (primary N) is 1. The smallest absolute Gasteiger partial charge is 0.126 e. The molecule has 1 unspecified atom stereocenters. The monoisotopic (exact) mass is 210 g/mol. The molecule has 15 heavy (non-hydrogen) atoms. The standard InChI is InChI=1S/C12H19FN2/c1-8(2)15-12(7-14)10-4-5-11(13)9(3)6-10/h4-6,8,12,15H,7,14H2,1-3H3. The number of halogens is 1. The number of hydrogen-bond acceptors (Lipinski definition) is 2. The van der Waals surface area contributed by atoms with Crippen LogP contribution in [0.2, 0.25) is 0 Å². The van der Waals surface area contributed by atoms with Gasteiger partial charge in [0, 0.05) is 18.6 Å². The average Bonchev–Trinajstić information content (AvgIpc) is 2.18. The minimum Gasteiger partial charge on any atom is -0.329 e. The maximum atomic E-state index is 13.1. The van der Waals surface area contributed by atoms with Crippen LogP contribution < -0.4 is 11.1 Å². The highest BCUT2D eigenvalue weighted by atomic mass is 19.1. The van der Waals surface area contributed by atoms with E-state index >= 15 is 0 Å². The molecule has 0 bridgehead atoms. The molecule has 0 aliphatic carbocycles. The van der Waals surface area contributed by atoms with Crippen molar-refractivity contribution >= 4 is 0 Å². The third-order valence-electron chi connectivity index (χ3n) is 2.35. The summed E-state index contributed by atoms with van der Waals surface area (Å²) in [6, 6.07) is 5.60. The molecule has 3 heteroatoms. The first kappa shape index (κ1) is 12.1. The Morgan fingerprint density at radius 1 is 1.40 bits per heavy atom. The first-order valence-electron chi connectivity index (χ1n) is 5.26. The second-order valence-electron chi connectivity index (χ2n) is 4.12. The van der Waals surface area contributed by atoms with E-state index in [2.05, 4.69) is 19.2 Å². The lowest BCUT2D eigenvalue weighted by Gasteiger charge is -2.20. The Morgan fingerprint density at radius 3 is 2.53 bits per heavy atom. The molecule has 0 aliphatic rings. The van der Waals surface area contributed by atoms with E-state index in [1.54, 1.807) is 13.0 Å². The molecule has 2 nitrogen and oxygen atoms in total. The highest BCUT2D eigenvalue weighted by Gasteiger charge is 2.11. The van der Waals surface area contributed by atoms with Gasteiger partial charge in [0.25, 0.3) is 0 Å². The molecule has 0 saturated carbocycles. The Hall–Kier alpha value is -0.930. The van der Waals surface area contributed by atoms with Crippen molar-refractivity contribution in [1.29, 1.82) is 0 Å². The summed E-state index contributed by atoms with van der Waals surface area (Å²) in [5.41, 5.74) is 7.39. The van der Waals surface area contributed by atoms with Gasteiger partial charge in [0.1, 0.15) is 5.82 Å². The van der Waals surface area contributed by atoms with Crippen molar-refractivity contribution in [1.82, 2.24) is 5.32 Å². The lowest BCUT2D eigenvalue weighted by molar-refractivity contribution is 0.482. The van der Waals surface area contributed by atoms with Crippen molar-refractivity contribution in [3.63, 3.8) is 0 Å². The van der Waals surface area contributed by atoms with E-state index < -0.39 is 0 Å². The summed E-state index contributed by atoms with van der Waals surface area (Å²) in [5.74, 6) is -0.168. The van der Waals surface area contributed by atoms with Crippen LogP contribution in [0.4, 0.5) is 4.39 Å². The molecule has 0 spiro atoms. The van der Waals surface area contributed by atoms with Crippen molar-refractivity contribution < 1.29 is 4.39 Å². The summed E-state index contributed by atoms with van der Waals surface area (Å²) in [5, 5.41) is 3.35. The largest absolute Gasteiger partial charge is 0.329 e. The maximum absolute atomic E-state index is 13.1. The molecule has 0 heterocycles. The number of aryl methyl sites for hydroxylation is 1. The Kier molecular flexibility index (Phi) is 4.24. The van der Waals surface area contributed by atoms with E-state index in [-0.39, 0.29) is 11.9 Å². The number of rotatable bonds is 4. The predicted molar refractivity (Wildman–Crippen MR) is 61.2 cm³/mol. The van der Waals surface area contributed by atoms with Crippen LogP contribution in [0, 0.1) is 12.7 Å². The first-order chi connectivity index (χ1) is 7.04. The van der Waals surface area contributed by atoms with E-state index in [9.17, 15) is 4.39 Å². The lowest BCUT2D eigenvalue weighted by atomic mass is 10.0. The highest BCUT2D eigenvalue weighted by molar-refractivity contribution is 5.26. The second kappa shape index (κ2) is 5.24. The number of benzene rings is 1. The van der Waals surface area contributed by atoms with E-state index in [0.29, 0.717) is 18.2 Å². The zero-order valence-corrected chi connectivity index (χ0v) is 9.55. The summed E-state index contributed by atoms with van der Waals surface area (Å²) < 4.78 is 13.1. The van der Waals surface area contributed by atoms with Gasteiger partial charge in [-0.15, -0.1) is 0 Å². The molecule has 0 saturated heterocycles. The van der Waals surface area contributed by atoms with E-state index in [1.807, 2.05) is 6.07 Å². The van der Waals surface area contributed by atoms with Gasteiger partial charge in [0.2, 0.25) is 0 Å². The molecule has 1 atom stereocenters. The fourth-order valence-electron chi connectivity index (χ4n) is 1.59. The summed E-state index contributed by atoms with van der Waals surface area (Å²) in [4.78, 5) is 0. The Labute approximate surface area is 90.7 Å². The fraction of sp³-hybridized carbons (Fsp3) is 0.500. The molecule has 1 rings (SSSR count). The van der Waals surface area contributed by atoms with Crippen LogP contribution in [0.25, 0.3) is 0 Å². The van der Waals surface area contributed by atoms with Gasteiger partial charge in [0.15, 0.2) is 0 Å². The molecule has 1 aromatic rings. The Morgan fingerprint density at radius 2 is 2.07 bits per heavy atom. The molecule has 1 aromatic carbocycles. The molecule has 0 amide bonds. The molecule has 0 fully saturated rings. The zero-order chi connectivity index (χ0) is 11.4. The zero-order valence-electron chi connectivity index (χ0n) is 9.55. The summed E-state index contributed by atoms with van der Waals surface area (Å²) in [6.07, 6.45) is 0. The van der Waals surface area contributed by atoms with Gasteiger partial charge in [-0.25, -0.2) is 4.39 Å². The second-order valence-corrected chi connectivity index (χ2v) is 4.12. The van der Waals surface area contributed by atoms with Gasteiger partial charge in [-0.2, -0.15) is 0 Å². The average molecular weight is 210 g/mol. The van der Waals surface area contributed by atoms with E-state index in [1.165, 1.54) is 6.07 Å². The van der Waals surface area contributed by atoms with Gasteiger partial charge in [-0.3, -0.25) is 0 Å². The molecule has 3 N–H and O–H groups in total. The van der Waals surface area contributed by atoms with Crippen molar-refractivity contribution in [2.75, 3.05) is 6.54 Å². The third-order valence-corrected chi connectivity index (χ3v) is 2.35. The SMILES string of the molecule is Cc1cc(C(CN)NC(C)C)ccc1F. The Bertz CT molecular complexity index is 323. The van der Waals surface area contributed by atoms with Crippen LogP contribution in [0.3, 0.4) is 0 Å². The van der Waals surface area contributed by atoms with Gasteiger partial charge < -0.3 is 11.1 Å². The molecule has 0 radical (unpaired) electrons. The van der Waals surface area contributed by atoms with Gasteiger partial charge in [0.05, 0.1) is 0 Å². The summed E-state index contributed by atoms with van der Waals surface area (Å²) in [7, 11) is 0. The maximum Gasteiger partial charge on any atom is 0.126 e. The van der Waals surface area contributed by atoms with Gasteiger partial charge in [-0.05, 0) is 24.1 Å². The van der Waals surface area contributed by atoms with Crippen LogP contribution in [0.15, 0.2) is 18.2 Å². The van der Waals surface area contributed by atoms with E-state index in [0.717, 1.165) is 5.56 Å². The number of hydrogen-bond donors (Lipinski definition) is 2. The van der Waals surface area contributed by atoms with Crippen LogP contribution >= 0.6 is 0 Å². The Balaban J connectivity index is 2.87. The fourth-order valence-corrected chi connectivity index (χ4v) is 1.59. The molecule has 0 aliphatic heterocycles. The summed E-state index contributed by atoms with van der Waals surface area (Å²) >= 11 is 0. The number of nitrogens with one attached hydrogen (secondary N) is 1. The van der Waals surface area contributed by atoms with Crippen LogP contribution in [-0.2, 0) is 0 Å². The minimum atomic E-state index is -0.168. The molecular weight excluding hydrogens is 191 g/mol. The van der Waals surface area contributed by atoms with E-state index in [4.69, 9.17) is 5.73 Å². The normalized spacial score (nSPS) is 13.2.